The van der Waals surface area contributed by atoms with Crippen molar-refractivity contribution in [1.29, 1.82) is 0 Å². The van der Waals surface area contributed by atoms with Crippen LogP contribution in [0.2, 0.25) is 0 Å². The molecular weight excluding hydrogens is 162 g/mol. The molecule has 0 radical (unpaired) electrons. The molecule has 0 amide bonds. The minimum absolute atomic E-state index is 0.116. The molecule has 1 unspecified atom stereocenters. The smallest absolute Gasteiger partial charge is 0.0828 e. The molecule has 0 aliphatic heterocycles. The summed E-state index contributed by atoms with van der Waals surface area (Å²) in [5.74, 6) is 0. The largest absolute Gasteiger partial charge is 0.372 e. The Morgan fingerprint density at radius 1 is 1.38 bits per heavy atom. The lowest BCUT2D eigenvalue weighted by molar-refractivity contribution is 0.321. The summed E-state index contributed by atoms with van der Waals surface area (Å²) in [7, 11) is 4.13. The maximum absolute atomic E-state index is 4.30. The zero-order valence-corrected chi connectivity index (χ0v) is 9.76. The Kier molecular flexibility index (Phi) is 4.99. The summed E-state index contributed by atoms with van der Waals surface area (Å²) >= 11 is 0. The van der Waals surface area contributed by atoms with Gasteiger partial charge in [-0.2, -0.15) is 0 Å². The van der Waals surface area contributed by atoms with Crippen LogP contribution in [0.3, 0.4) is 0 Å². The van der Waals surface area contributed by atoms with E-state index in [4.69, 9.17) is 0 Å². The summed E-state index contributed by atoms with van der Waals surface area (Å²) < 4.78 is 0. The molecule has 0 aromatic carbocycles. The van der Waals surface area contributed by atoms with E-state index >= 15 is 0 Å². The van der Waals surface area contributed by atoms with Gasteiger partial charge in [-0.3, -0.25) is 4.99 Å². The summed E-state index contributed by atoms with van der Waals surface area (Å²) in [5, 5.41) is 3.21. The second kappa shape index (κ2) is 5.22. The molecule has 0 aromatic heterocycles. The van der Waals surface area contributed by atoms with Crippen LogP contribution in [-0.2, 0) is 0 Å². The van der Waals surface area contributed by atoms with Crippen LogP contribution in [0.5, 0.6) is 0 Å². The van der Waals surface area contributed by atoms with Gasteiger partial charge in [0, 0.05) is 11.6 Å². The first-order valence-corrected chi connectivity index (χ1v) is 4.75. The number of nitrogens with one attached hydrogen (secondary N) is 1. The molecule has 0 rings (SSSR count). The average molecular weight is 185 g/mol. The van der Waals surface area contributed by atoms with E-state index in [-0.39, 0.29) is 5.54 Å². The lowest BCUT2D eigenvalue weighted by atomic mass is 10.1. The highest BCUT2D eigenvalue weighted by atomic mass is 15.1. The van der Waals surface area contributed by atoms with Crippen molar-refractivity contribution in [2.24, 2.45) is 4.99 Å². The van der Waals surface area contributed by atoms with Gasteiger partial charge in [-0.05, 0) is 41.8 Å². The van der Waals surface area contributed by atoms with Gasteiger partial charge >= 0.3 is 0 Å². The van der Waals surface area contributed by atoms with Crippen LogP contribution in [-0.4, -0.2) is 43.5 Å². The van der Waals surface area contributed by atoms with E-state index in [1.807, 2.05) is 0 Å². The quantitative estimate of drug-likeness (QED) is 0.529. The van der Waals surface area contributed by atoms with Gasteiger partial charge in [0.15, 0.2) is 0 Å². The highest BCUT2D eigenvalue weighted by Crippen LogP contribution is 1.96. The Labute approximate surface area is 82.2 Å². The molecular formula is C10H23N3. The van der Waals surface area contributed by atoms with Crippen molar-refractivity contribution < 1.29 is 0 Å². The molecule has 0 aliphatic rings. The maximum atomic E-state index is 4.30. The van der Waals surface area contributed by atoms with Crippen LogP contribution >= 0.6 is 0 Å². The number of aliphatic imine (C=N–C) groups is 1. The number of nitrogens with zero attached hydrogens (tertiary/aromatic N) is 2. The monoisotopic (exact) mass is 185 g/mol. The molecule has 3 heteroatoms. The van der Waals surface area contributed by atoms with Gasteiger partial charge in [0.25, 0.3) is 0 Å². The first kappa shape index (κ1) is 12.4. The fourth-order valence-corrected chi connectivity index (χ4v) is 0.608. The van der Waals surface area contributed by atoms with Gasteiger partial charge in [-0.25, -0.2) is 0 Å². The highest BCUT2D eigenvalue weighted by Gasteiger charge is 2.05. The zero-order valence-electron chi connectivity index (χ0n) is 9.76. The molecule has 0 spiro atoms. The summed E-state index contributed by atoms with van der Waals surface area (Å²) in [6.07, 6.45) is 1.81. The second-order valence-corrected chi connectivity index (χ2v) is 4.70. The second-order valence-electron chi connectivity index (χ2n) is 4.70. The standard InChI is InChI=1S/C10H23N3/c1-9(13(5)6)7-11-8-12-10(2,3)4/h8-9H,7H2,1-6H3,(H,11,12). The Morgan fingerprint density at radius 2 is 1.92 bits per heavy atom. The van der Waals surface area contributed by atoms with Crippen molar-refractivity contribution in [2.45, 2.75) is 39.3 Å². The number of rotatable bonds is 4. The molecule has 0 bridgehead atoms. The SMILES string of the molecule is CC(CN=CNC(C)(C)C)N(C)C. The normalized spacial score (nSPS) is 15.3. The van der Waals surface area contributed by atoms with Gasteiger partial charge in [0.1, 0.15) is 0 Å². The Bertz CT molecular complexity index is 156. The summed E-state index contributed by atoms with van der Waals surface area (Å²) in [4.78, 5) is 6.46. The number of hydrogen-bond acceptors (Lipinski definition) is 2. The van der Waals surface area contributed by atoms with Crippen molar-refractivity contribution >= 4 is 6.34 Å². The fraction of sp³-hybridized carbons (Fsp3) is 0.900. The van der Waals surface area contributed by atoms with Crippen LogP contribution in [0.15, 0.2) is 4.99 Å². The molecule has 3 nitrogen and oxygen atoms in total. The van der Waals surface area contributed by atoms with Crippen molar-refractivity contribution in [1.82, 2.24) is 10.2 Å². The lowest BCUT2D eigenvalue weighted by Gasteiger charge is -2.19. The van der Waals surface area contributed by atoms with Crippen molar-refractivity contribution in [3.05, 3.63) is 0 Å². The van der Waals surface area contributed by atoms with Crippen LogP contribution in [0.4, 0.5) is 0 Å². The van der Waals surface area contributed by atoms with Crippen molar-refractivity contribution in [3.63, 3.8) is 0 Å². The number of hydrogen-bond donors (Lipinski definition) is 1. The maximum Gasteiger partial charge on any atom is 0.0828 e. The van der Waals surface area contributed by atoms with Crippen molar-refractivity contribution in [3.8, 4) is 0 Å². The van der Waals surface area contributed by atoms with E-state index in [0.717, 1.165) is 6.54 Å². The number of likely N-dealkylation sites (N-methyl/N-ethyl adjacent to an activating group) is 1. The van der Waals surface area contributed by atoms with Gasteiger partial charge in [0.2, 0.25) is 0 Å². The molecule has 0 heterocycles. The molecule has 78 valence electrons. The van der Waals surface area contributed by atoms with Crippen molar-refractivity contribution in [2.75, 3.05) is 20.6 Å². The molecule has 1 N–H and O–H groups in total. The molecule has 0 fully saturated rings. The van der Waals surface area contributed by atoms with Gasteiger partial charge < -0.3 is 10.2 Å². The summed E-state index contributed by atoms with van der Waals surface area (Å²) in [6.45, 7) is 9.36. The summed E-state index contributed by atoms with van der Waals surface area (Å²) in [5.41, 5.74) is 0.116. The highest BCUT2D eigenvalue weighted by molar-refractivity contribution is 5.55. The zero-order chi connectivity index (χ0) is 10.5. The predicted molar refractivity (Wildman–Crippen MR) is 59.4 cm³/mol. The molecule has 1 atom stereocenters. The molecule has 0 saturated heterocycles. The molecule has 0 aliphatic carbocycles. The van der Waals surface area contributed by atoms with E-state index < -0.39 is 0 Å². The molecule has 13 heavy (non-hydrogen) atoms. The third-order valence-electron chi connectivity index (χ3n) is 1.84. The first-order valence-electron chi connectivity index (χ1n) is 4.75. The Balaban J connectivity index is 3.64. The lowest BCUT2D eigenvalue weighted by Crippen LogP contribution is -2.35. The predicted octanol–water partition coefficient (Wildman–Crippen LogP) is 1.35. The third-order valence-corrected chi connectivity index (χ3v) is 1.84. The fourth-order valence-electron chi connectivity index (χ4n) is 0.608. The van der Waals surface area contributed by atoms with E-state index in [1.54, 1.807) is 6.34 Å². The topological polar surface area (TPSA) is 27.6 Å². The first-order chi connectivity index (χ1) is 5.83. The van der Waals surface area contributed by atoms with E-state index in [2.05, 4.69) is 57.0 Å². The summed E-state index contributed by atoms with van der Waals surface area (Å²) in [6, 6.07) is 0.498. The minimum Gasteiger partial charge on any atom is -0.372 e. The van der Waals surface area contributed by atoms with E-state index in [9.17, 15) is 0 Å². The van der Waals surface area contributed by atoms with Crippen LogP contribution in [0.25, 0.3) is 0 Å². The third kappa shape index (κ3) is 7.78. The average Bonchev–Trinajstić information content (AvgIpc) is 1.95. The molecule has 0 saturated carbocycles. The van der Waals surface area contributed by atoms with Crippen LogP contribution < -0.4 is 5.32 Å². The Morgan fingerprint density at radius 3 is 2.31 bits per heavy atom. The van der Waals surface area contributed by atoms with E-state index in [0.29, 0.717) is 6.04 Å². The van der Waals surface area contributed by atoms with Gasteiger partial charge in [-0.1, -0.05) is 0 Å². The van der Waals surface area contributed by atoms with Gasteiger partial charge in [-0.15, -0.1) is 0 Å². The molecule has 0 aromatic rings. The van der Waals surface area contributed by atoms with Crippen LogP contribution in [0, 0.1) is 0 Å². The minimum atomic E-state index is 0.116. The van der Waals surface area contributed by atoms with Crippen LogP contribution in [0.1, 0.15) is 27.7 Å². The van der Waals surface area contributed by atoms with E-state index in [1.165, 1.54) is 0 Å². The van der Waals surface area contributed by atoms with Gasteiger partial charge in [0.05, 0.1) is 12.9 Å². The Hall–Kier alpha value is -0.570.